The Morgan fingerprint density at radius 3 is 1.21 bits per heavy atom. The van der Waals surface area contributed by atoms with Crippen LogP contribution >= 0.6 is 0 Å². The predicted octanol–water partition coefficient (Wildman–Crippen LogP) is 12.2. The zero-order valence-corrected chi connectivity index (χ0v) is 34.7. The van der Waals surface area contributed by atoms with Crippen molar-refractivity contribution >= 4 is 0 Å². The van der Waals surface area contributed by atoms with Crippen LogP contribution in [-0.2, 0) is 14.2 Å². The second kappa shape index (κ2) is 29.3. The van der Waals surface area contributed by atoms with E-state index in [-0.39, 0.29) is 0 Å². The zero-order chi connectivity index (χ0) is 38.5. The molecule has 5 aliphatic rings. The van der Waals surface area contributed by atoms with E-state index in [1.807, 2.05) is 107 Å². The lowest BCUT2D eigenvalue weighted by atomic mass is 10.1. The second-order valence-corrected chi connectivity index (χ2v) is 14.3. The van der Waals surface area contributed by atoms with Crippen LogP contribution in [0.15, 0.2) is 78.9 Å². The van der Waals surface area contributed by atoms with Crippen molar-refractivity contribution < 1.29 is 28.4 Å². The fraction of sp³-hybridized carbons (Fsp3) is 0.617. The van der Waals surface area contributed by atoms with Crippen molar-refractivity contribution in [2.75, 3.05) is 39.6 Å². The van der Waals surface area contributed by atoms with Crippen LogP contribution < -0.4 is 14.2 Å². The monoisotopic (exact) mass is 735 g/mol. The molecule has 3 aromatic rings. The van der Waals surface area contributed by atoms with Gasteiger partial charge in [0.2, 0.25) is 0 Å². The van der Waals surface area contributed by atoms with Crippen LogP contribution in [0.5, 0.6) is 17.2 Å². The third-order valence-electron chi connectivity index (χ3n) is 9.12. The fourth-order valence-electron chi connectivity index (χ4n) is 5.55. The molecule has 3 unspecified atom stereocenters. The molecule has 5 fully saturated rings. The molecule has 0 radical (unpaired) electrons. The zero-order valence-electron chi connectivity index (χ0n) is 34.7. The quantitative estimate of drug-likeness (QED) is 0.193. The summed E-state index contributed by atoms with van der Waals surface area (Å²) in [5.74, 6) is 4.99. The highest BCUT2D eigenvalue weighted by Crippen LogP contribution is 2.27. The molecule has 3 aromatic carbocycles. The van der Waals surface area contributed by atoms with Crippen molar-refractivity contribution in [1.82, 2.24) is 0 Å². The molecule has 2 saturated carbocycles. The molecule has 0 aromatic heterocycles. The Kier molecular flexibility index (Phi) is 25.5. The molecule has 3 aliphatic heterocycles. The average molecular weight is 735 g/mol. The number of rotatable bonds is 10. The Balaban J connectivity index is 0.000000227. The Hall–Kier alpha value is -3.06. The molecule has 298 valence electrons. The first kappa shape index (κ1) is 46.1. The Morgan fingerprint density at radius 1 is 0.528 bits per heavy atom. The van der Waals surface area contributed by atoms with Crippen molar-refractivity contribution in [1.29, 1.82) is 0 Å². The van der Waals surface area contributed by atoms with Gasteiger partial charge in [-0.2, -0.15) is 0 Å². The van der Waals surface area contributed by atoms with E-state index in [0.29, 0.717) is 38.1 Å². The van der Waals surface area contributed by atoms with E-state index >= 15 is 0 Å². The molecule has 0 bridgehead atoms. The van der Waals surface area contributed by atoms with Gasteiger partial charge in [0.15, 0.2) is 0 Å². The van der Waals surface area contributed by atoms with Crippen LogP contribution in [0.4, 0.5) is 0 Å². The lowest BCUT2D eigenvalue weighted by Crippen LogP contribution is -2.04. The van der Waals surface area contributed by atoms with Gasteiger partial charge in [-0.1, -0.05) is 160 Å². The molecule has 0 amide bonds. The molecular weight excluding hydrogens is 661 g/mol. The van der Waals surface area contributed by atoms with Crippen molar-refractivity contribution in [3.05, 3.63) is 90.0 Å². The van der Waals surface area contributed by atoms with Crippen molar-refractivity contribution in [2.24, 2.45) is 11.8 Å². The molecule has 6 nitrogen and oxygen atoms in total. The highest BCUT2D eigenvalue weighted by atomic mass is 16.6. The van der Waals surface area contributed by atoms with E-state index < -0.39 is 0 Å². The summed E-state index contributed by atoms with van der Waals surface area (Å²) in [5, 5.41) is 0. The van der Waals surface area contributed by atoms with Gasteiger partial charge in [-0.05, 0) is 61.1 Å². The standard InChI is InChI=1S/2C10H12O2.C9H10O2.C7H14.C6H12.C3H8.C2H6/c2*1-8-4-2-3-5-10(8)12-7-9-6-11-9;1-2-4-8(5-3-1)10-6-9-7-11-9;1-2-7-5-3-4-6-7;1-6-4-2-3-5-6;1-3-2;1-2/h2*2-5,9H,6-7H2,1H3;1-5,9H,6-7H2;7H,2-6H2,1H3;6H,2-5H2,1H3;3H2,1-2H3;1-2H3. The van der Waals surface area contributed by atoms with Crippen LogP contribution in [0.25, 0.3) is 0 Å². The molecule has 3 heterocycles. The van der Waals surface area contributed by atoms with Gasteiger partial charge in [0.05, 0.1) is 19.8 Å². The van der Waals surface area contributed by atoms with E-state index in [9.17, 15) is 0 Å². The Morgan fingerprint density at radius 2 is 0.887 bits per heavy atom. The van der Waals surface area contributed by atoms with Crippen LogP contribution in [0.3, 0.4) is 0 Å². The van der Waals surface area contributed by atoms with Gasteiger partial charge in [-0.15, -0.1) is 0 Å². The predicted molar refractivity (Wildman–Crippen MR) is 222 cm³/mol. The summed E-state index contributed by atoms with van der Waals surface area (Å²) in [6, 6.07) is 25.8. The number of aryl methyl sites for hydroxylation is 2. The Bertz CT molecular complexity index is 1200. The number of para-hydroxylation sites is 3. The van der Waals surface area contributed by atoms with Gasteiger partial charge in [-0.25, -0.2) is 0 Å². The van der Waals surface area contributed by atoms with Crippen molar-refractivity contribution in [2.45, 2.75) is 138 Å². The van der Waals surface area contributed by atoms with E-state index in [1.54, 1.807) is 0 Å². The van der Waals surface area contributed by atoms with Crippen LogP contribution in [0.2, 0.25) is 0 Å². The van der Waals surface area contributed by atoms with Crippen molar-refractivity contribution in [3.63, 3.8) is 0 Å². The smallest absolute Gasteiger partial charge is 0.122 e. The number of hydrogen-bond donors (Lipinski definition) is 0. The lowest BCUT2D eigenvalue weighted by molar-refractivity contribution is 0.262. The number of ether oxygens (including phenoxy) is 6. The summed E-state index contributed by atoms with van der Waals surface area (Å²) in [7, 11) is 0. The molecule has 53 heavy (non-hydrogen) atoms. The molecule has 6 heteroatoms. The topological polar surface area (TPSA) is 65.3 Å². The van der Waals surface area contributed by atoms with Gasteiger partial charge in [0.1, 0.15) is 55.4 Å². The Labute approximate surface area is 324 Å². The van der Waals surface area contributed by atoms with Crippen LogP contribution in [0.1, 0.15) is 117 Å². The van der Waals surface area contributed by atoms with Gasteiger partial charge in [0, 0.05) is 0 Å². The average Bonchev–Trinajstić information content (AvgIpc) is 4.15. The number of benzene rings is 3. The van der Waals surface area contributed by atoms with Gasteiger partial charge in [0.25, 0.3) is 0 Å². The molecular formula is C47H74O6. The minimum atomic E-state index is 0.338. The maximum atomic E-state index is 5.54. The highest BCUT2D eigenvalue weighted by molar-refractivity contribution is 5.32. The molecule has 3 saturated heterocycles. The minimum Gasteiger partial charge on any atom is -0.491 e. The van der Waals surface area contributed by atoms with Gasteiger partial charge in [-0.3, -0.25) is 0 Å². The fourth-order valence-corrected chi connectivity index (χ4v) is 5.55. The largest absolute Gasteiger partial charge is 0.491 e. The third-order valence-corrected chi connectivity index (χ3v) is 9.12. The van der Waals surface area contributed by atoms with Gasteiger partial charge < -0.3 is 28.4 Å². The van der Waals surface area contributed by atoms with Crippen molar-refractivity contribution in [3.8, 4) is 17.2 Å². The molecule has 0 N–H and O–H groups in total. The highest BCUT2D eigenvalue weighted by Gasteiger charge is 2.24. The molecule has 0 spiro atoms. The SMILES string of the molecule is CC.CC1CCCC1.CCC.CCC1CCCC1.Cc1ccccc1OCC1CO1.Cc1ccccc1OCC1CO1.c1ccc(OCC2CO2)cc1. The molecule has 2 aliphatic carbocycles. The maximum absolute atomic E-state index is 5.54. The first-order valence-corrected chi connectivity index (χ1v) is 20.8. The van der Waals surface area contributed by atoms with E-state index in [0.717, 1.165) is 48.9 Å². The summed E-state index contributed by atoms with van der Waals surface area (Å²) in [6.07, 6.45) is 15.6. The summed E-state index contributed by atoms with van der Waals surface area (Å²) < 4.78 is 31.6. The molecule has 3 atom stereocenters. The molecule has 8 rings (SSSR count). The summed E-state index contributed by atoms with van der Waals surface area (Å²) in [6.45, 7) is 21.6. The summed E-state index contributed by atoms with van der Waals surface area (Å²) in [5.41, 5.74) is 2.36. The van der Waals surface area contributed by atoms with Gasteiger partial charge >= 0.3 is 0 Å². The maximum Gasteiger partial charge on any atom is 0.122 e. The first-order chi connectivity index (χ1) is 25.9. The summed E-state index contributed by atoms with van der Waals surface area (Å²) in [4.78, 5) is 0. The van der Waals surface area contributed by atoms with Crippen LogP contribution in [0, 0.1) is 25.7 Å². The normalized spacial score (nSPS) is 20.2. The second-order valence-electron chi connectivity index (χ2n) is 14.3. The third kappa shape index (κ3) is 24.1. The lowest BCUT2D eigenvalue weighted by Gasteiger charge is -2.06. The van der Waals surface area contributed by atoms with E-state index in [1.165, 1.54) is 75.3 Å². The minimum absolute atomic E-state index is 0.338. The number of hydrogen-bond acceptors (Lipinski definition) is 6. The first-order valence-electron chi connectivity index (χ1n) is 20.8. The van der Waals surface area contributed by atoms with E-state index in [2.05, 4.69) is 27.7 Å². The van der Waals surface area contributed by atoms with Crippen LogP contribution in [-0.4, -0.2) is 58.0 Å². The van der Waals surface area contributed by atoms with E-state index in [4.69, 9.17) is 28.4 Å². The number of epoxide rings is 3. The summed E-state index contributed by atoms with van der Waals surface area (Å²) >= 11 is 0.